The first-order chi connectivity index (χ1) is 13.9. The monoisotopic (exact) mass is 429 g/mol. The molecule has 29 heavy (non-hydrogen) atoms. The number of amides is 1. The maximum atomic E-state index is 12.0. The molecule has 0 aliphatic carbocycles. The zero-order chi connectivity index (χ0) is 21.0. The van der Waals surface area contributed by atoms with E-state index in [1.54, 1.807) is 18.3 Å². The minimum absolute atomic E-state index is 0.110. The summed E-state index contributed by atoms with van der Waals surface area (Å²) in [4.78, 5) is 12.0. The van der Waals surface area contributed by atoms with Crippen molar-refractivity contribution in [2.75, 3.05) is 6.61 Å². The Balaban J connectivity index is 1.67. The van der Waals surface area contributed by atoms with E-state index in [2.05, 4.69) is 10.5 Å². The van der Waals surface area contributed by atoms with Crippen LogP contribution in [0.25, 0.3) is 5.69 Å². The highest BCUT2D eigenvalue weighted by molar-refractivity contribution is 6.35. The molecule has 1 N–H and O–H groups in total. The van der Waals surface area contributed by atoms with Gasteiger partial charge in [-0.1, -0.05) is 41.4 Å². The van der Waals surface area contributed by atoms with E-state index >= 15 is 0 Å². The molecule has 150 valence electrons. The molecule has 0 saturated heterocycles. The highest BCUT2D eigenvalue weighted by Crippen LogP contribution is 2.28. The number of nitrogens with zero attached hydrogens (tertiary/aromatic N) is 2. The van der Waals surface area contributed by atoms with Gasteiger partial charge in [-0.2, -0.15) is 5.10 Å². The van der Waals surface area contributed by atoms with Crippen molar-refractivity contribution in [2.24, 2.45) is 5.10 Å². The fraction of sp³-hybridized carbons (Fsp3) is 0.182. The number of ether oxygens (including phenoxy) is 1. The molecule has 0 bridgehead atoms. The second-order valence-electron chi connectivity index (χ2n) is 6.60. The molecule has 0 spiro atoms. The summed E-state index contributed by atoms with van der Waals surface area (Å²) in [6.45, 7) is 5.75. The number of para-hydroxylation sites is 1. The number of hydrogen-bond acceptors (Lipinski definition) is 3. The van der Waals surface area contributed by atoms with Crippen LogP contribution in [0.3, 0.4) is 0 Å². The average molecular weight is 430 g/mol. The van der Waals surface area contributed by atoms with E-state index in [4.69, 9.17) is 27.9 Å². The molecule has 0 atom stereocenters. The zero-order valence-electron chi connectivity index (χ0n) is 16.4. The molecule has 0 unspecified atom stereocenters. The van der Waals surface area contributed by atoms with E-state index in [1.165, 1.54) is 0 Å². The van der Waals surface area contributed by atoms with Gasteiger partial charge in [0.15, 0.2) is 6.61 Å². The maximum Gasteiger partial charge on any atom is 0.277 e. The molecule has 1 amide bonds. The van der Waals surface area contributed by atoms with E-state index in [1.807, 2.05) is 61.7 Å². The number of carbonyl (C=O) groups is 1. The van der Waals surface area contributed by atoms with Crippen molar-refractivity contribution < 1.29 is 9.53 Å². The first kappa shape index (κ1) is 21.0. The molecule has 1 heterocycles. The number of halogens is 2. The van der Waals surface area contributed by atoms with Crippen LogP contribution in [0, 0.1) is 20.8 Å². The number of benzene rings is 2. The molecule has 3 aromatic rings. The van der Waals surface area contributed by atoms with E-state index in [0.29, 0.717) is 15.8 Å². The number of aryl methyl sites for hydroxylation is 2. The van der Waals surface area contributed by atoms with Crippen LogP contribution in [0.2, 0.25) is 10.0 Å². The normalized spacial score (nSPS) is 11.1. The van der Waals surface area contributed by atoms with Crippen molar-refractivity contribution in [2.45, 2.75) is 20.8 Å². The van der Waals surface area contributed by atoms with Crippen molar-refractivity contribution >= 4 is 35.3 Å². The third kappa shape index (κ3) is 5.00. The Labute approximate surface area is 179 Å². The predicted molar refractivity (Wildman–Crippen MR) is 118 cm³/mol. The molecule has 0 aliphatic heterocycles. The summed E-state index contributed by atoms with van der Waals surface area (Å²) in [7, 11) is 0. The van der Waals surface area contributed by atoms with Crippen molar-refractivity contribution in [1.82, 2.24) is 9.99 Å². The largest absolute Gasteiger partial charge is 0.483 e. The molecule has 0 fully saturated rings. The smallest absolute Gasteiger partial charge is 0.277 e. The summed E-state index contributed by atoms with van der Waals surface area (Å²) < 4.78 is 7.53. The van der Waals surface area contributed by atoms with Gasteiger partial charge in [-0.15, -0.1) is 0 Å². The van der Waals surface area contributed by atoms with Gasteiger partial charge in [-0.3, -0.25) is 4.79 Å². The summed E-state index contributed by atoms with van der Waals surface area (Å²) in [5.74, 6) is 0.342. The van der Waals surface area contributed by atoms with Gasteiger partial charge in [-0.25, -0.2) is 5.43 Å². The van der Waals surface area contributed by atoms with Crippen LogP contribution in [0.15, 0.2) is 53.6 Å². The lowest BCUT2D eigenvalue weighted by molar-refractivity contribution is -0.123. The Morgan fingerprint density at radius 3 is 2.62 bits per heavy atom. The van der Waals surface area contributed by atoms with Gasteiger partial charge in [0.05, 0.1) is 16.9 Å². The van der Waals surface area contributed by atoms with Gasteiger partial charge in [0.25, 0.3) is 5.91 Å². The number of carbonyl (C=O) groups excluding carboxylic acids is 1. The third-order valence-electron chi connectivity index (χ3n) is 4.47. The Morgan fingerprint density at radius 2 is 1.90 bits per heavy atom. The number of hydrogen-bond donors (Lipinski definition) is 1. The van der Waals surface area contributed by atoms with E-state index in [9.17, 15) is 4.79 Å². The second-order valence-corrected chi connectivity index (χ2v) is 7.45. The first-order valence-corrected chi connectivity index (χ1v) is 9.77. The molecule has 3 rings (SSSR count). The lowest BCUT2D eigenvalue weighted by Crippen LogP contribution is -2.24. The maximum absolute atomic E-state index is 12.0. The molecule has 2 aromatic carbocycles. The summed E-state index contributed by atoms with van der Waals surface area (Å²) in [5.41, 5.74) is 7.09. The number of aromatic nitrogens is 1. The van der Waals surface area contributed by atoms with Crippen molar-refractivity contribution in [3.05, 3.63) is 81.1 Å². The van der Waals surface area contributed by atoms with Crippen LogP contribution >= 0.6 is 23.2 Å². The zero-order valence-corrected chi connectivity index (χ0v) is 17.9. The highest BCUT2D eigenvalue weighted by atomic mass is 35.5. The van der Waals surface area contributed by atoms with Gasteiger partial charge in [0.1, 0.15) is 5.75 Å². The first-order valence-electron chi connectivity index (χ1n) is 9.01. The Morgan fingerprint density at radius 1 is 1.14 bits per heavy atom. The van der Waals surface area contributed by atoms with E-state index in [-0.39, 0.29) is 12.5 Å². The lowest BCUT2D eigenvalue weighted by atomic mass is 10.2. The standard InChI is InChI=1S/C22H21Cl2N3O2/c1-14-6-4-5-7-21(14)29-13-22(28)26-25-12-17-10-15(2)27(16(17)3)20-9-8-18(23)11-19(20)24/h4-12H,13H2,1-3H3,(H,26,28)/b25-12-. The summed E-state index contributed by atoms with van der Waals surface area (Å²) in [5, 5.41) is 5.19. The van der Waals surface area contributed by atoms with Gasteiger partial charge in [-0.05, 0) is 56.7 Å². The quantitative estimate of drug-likeness (QED) is 0.430. The molecule has 0 saturated carbocycles. The van der Waals surface area contributed by atoms with Gasteiger partial charge >= 0.3 is 0 Å². The summed E-state index contributed by atoms with van der Waals surface area (Å²) >= 11 is 12.3. The minimum atomic E-state index is -0.334. The average Bonchev–Trinajstić information content (AvgIpc) is 2.95. The van der Waals surface area contributed by atoms with E-state index in [0.717, 1.165) is 28.2 Å². The summed E-state index contributed by atoms with van der Waals surface area (Å²) in [6, 6.07) is 14.9. The minimum Gasteiger partial charge on any atom is -0.483 e. The number of rotatable bonds is 6. The van der Waals surface area contributed by atoms with Crippen LogP contribution in [0.5, 0.6) is 5.75 Å². The highest BCUT2D eigenvalue weighted by Gasteiger charge is 2.12. The molecule has 5 nitrogen and oxygen atoms in total. The molecular weight excluding hydrogens is 409 g/mol. The SMILES string of the molecule is Cc1ccccc1OCC(=O)N/N=C\c1cc(C)n(-c2ccc(Cl)cc2Cl)c1C. The van der Waals surface area contributed by atoms with Gasteiger partial charge in [0, 0.05) is 22.0 Å². The van der Waals surface area contributed by atoms with Crippen LogP contribution in [0.1, 0.15) is 22.5 Å². The molecule has 1 aromatic heterocycles. The van der Waals surface area contributed by atoms with E-state index < -0.39 is 0 Å². The second kappa shape index (κ2) is 9.16. The Hall–Kier alpha value is -2.76. The van der Waals surface area contributed by atoms with Gasteiger partial charge < -0.3 is 9.30 Å². The molecular formula is C22H21Cl2N3O2. The van der Waals surface area contributed by atoms with Crippen molar-refractivity contribution in [3.63, 3.8) is 0 Å². The van der Waals surface area contributed by atoms with Crippen LogP contribution < -0.4 is 10.2 Å². The topological polar surface area (TPSA) is 55.6 Å². The van der Waals surface area contributed by atoms with Crippen molar-refractivity contribution in [3.8, 4) is 11.4 Å². The fourth-order valence-corrected chi connectivity index (χ4v) is 3.51. The Kier molecular flexibility index (Phi) is 6.62. The number of hydrazone groups is 1. The fourth-order valence-electron chi connectivity index (χ4n) is 3.02. The van der Waals surface area contributed by atoms with Crippen LogP contribution in [-0.2, 0) is 4.79 Å². The predicted octanol–water partition coefficient (Wildman–Crippen LogP) is 5.24. The third-order valence-corrected chi connectivity index (χ3v) is 5.00. The van der Waals surface area contributed by atoms with Gasteiger partial charge in [0.2, 0.25) is 0 Å². The van der Waals surface area contributed by atoms with Crippen molar-refractivity contribution in [1.29, 1.82) is 0 Å². The lowest BCUT2D eigenvalue weighted by Gasteiger charge is -2.11. The van der Waals surface area contributed by atoms with Crippen LogP contribution in [-0.4, -0.2) is 23.3 Å². The number of nitrogens with one attached hydrogen (secondary N) is 1. The van der Waals surface area contributed by atoms with Crippen LogP contribution in [0.4, 0.5) is 0 Å². The molecule has 0 aliphatic rings. The molecule has 0 radical (unpaired) electrons. The summed E-state index contributed by atoms with van der Waals surface area (Å²) in [6.07, 6.45) is 1.61. The molecule has 7 heteroatoms. The Bertz CT molecular complexity index is 1070.